The lowest BCUT2D eigenvalue weighted by Gasteiger charge is -2.08. The molecule has 0 unspecified atom stereocenters. The first kappa shape index (κ1) is 20.3. The number of ether oxygens (including phenoxy) is 2. The summed E-state index contributed by atoms with van der Waals surface area (Å²) in [5.41, 5.74) is 5.43. The normalized spacial score (nSPS) is 11.2. The van der Waals surface area contributed by atoms with Gasteiger partial charge in [-0.2, -0.15) is 9.78 Å². The summed E-state index contributed by atoms with van der Waals surface area (Å²) < 4.78 is 11.8. The van der Waals surface area contributed by atoms with Crippen LogP contribution in [0.25, 0.3) is 5.69 Å². The number of hydrazone groups is 1. The number of benzene rings is 2. The second kappa shape index (κ2) is 9.69. The number of aryl methyl sites for hydroxylation is 1. The van der Waals surface area contributed by atoms with E-state index >= 15 is 0 Å². The minimum atomic E-state index is -0.572. The van der Waals surface area contributed by atoms with E-state index in [1.54, 1.807) is 38.3 Å². The predicted molar refractivity (Wildman–Crippen MR) is 110 cm³/mol. The van der Waals surface area contributed by atoms with Gasteiger partial charge in [-0.05, 0) is 72.4 Å². The highest BCUT2D eigenvalue weighted by atomic mass is 32.2. The maximum Gasteiger partial charge on any atom is 0.365 e. The number of hydrogen-bond donors (Lipinski definition) is 1. The second-order valence-electron chi connectivity index (χ2n) is 5.79. The third-order valence-corrected chi connectivity index (χ3v) is 4.62. The van der Waals surface area contributed by atoms with Gasteiger partial charge in [0.15, 0.2) is 0 Å². The van der Waals surface area contributed by atoms with Crippen molar-refractivity contribution in [1.29, 1.82) is 0 Å². The topological polar surface area (TPSA) is 104 Å². The van der Waals surface area contributed by atoms with Gasteiger partial charge in [0.25, 0.3) is 0 Å². The Morgan fingerprint density at radius 3 is 2.55 bits per heavy atom. The van der Waals surface area contributed by atoms with Gasteiger partial charge in [-0.15, -0.1) is 5.10 Å². The molecule has 0 aliphatic carbocycles. The molecule has 2 aromatic carbocycles. The summed E-state index contributed by atoms with van der Waals surface area (Å²) in [5.74, 6) is 0.147. The number of anilines is 1. The van der Waals surface area contributed by atoms with E-state index in [0.717, 1.165) is 28.8 Å². The number of tetrazole rings is 1. The van der Waals surface area contributed by atoms with Crippen LogP contribution in [-0.4, -0.2) is 44.9 Å². The number of rotatable bonds is 6. The molecule has 0 bridgehead atoms. The van der Waals surface area contributed by atoms with Crippen LogP contribution >= 0.6 is 11.8 Å². The molecule has 0 fully saturated rings. The van der Waals surface area contributed by atoms with Crippen molar-refractivity contribution in [2.75, 3.05) is 19.1 Å². The highest BCUT2D eigenvalue weighted by Crippen LogP contribution is 2.22. The highest BCUT2D eigenvalue weighted by Gasteiger charge is 2.20. The van der Waals surface area contributed by atoms with Gasteiger partial charge in [0.05, 0.1) is 25.1 Å². The molecule has 0 aliphatic heterocycles. The van der Waals surface area contributed by atoms with E-state index in [-0.39, 0.29) is 11.7 Å². The minimum absolute atomic E-state index is 0.0748. The second-order valence-corrected chi connectivity index (χ2v) is 6.74. The Bertz CT molecular complexity index is 986. The summed E-state index contributed by atoms with van der Waals surface area (Å²) in [6.07, 6.45) is 0. The Labute approximate surface area is 172 Å². The first-order valence-corrected chi connectivity index (χ1v) is 9.60. The van der Waals surface area contributed by atoms with Crippen molar-refractivity contribution in [1.82, 2.24) is 20.2 Å². The maximum absolute atomic E-state index is 12.4. The highest BCUT2D eigenvalue weighted by molar-refractivity contribution is 8.15. The van der Waals surface area contributed by atoms with Crippen LogP contribution < -0.4 is 10.2 Å². The fourth-order valence-corrected chi connectivity index (χ4v) is 2.97. The molecule has 1 N–H and O–H groups in total. The molecular formula is C19H20N6O3S. The molecule has 3 aromatic rings. The van der Waals surface area contributed by atoms with Gasteiger partial charge < -0.3 is 9.47 Å². The van der Waals surface area contributed by atoms with Gasteiger partial charge in [0.2, 0.25) is 10.2 Å². The van der Waals surface area contributed by atoms with Crippen molar-refractivity contribution in [2.45, 2.75) is 19.0 Å². The van der Waals surface area contributed by atoms with Crippen LogP contribution in [0.1, 0.15) is 12.5 Å². The number of esters is 1. The molecule has 29 heavy (non-hydrogen) atoms. The monoisotopic (exact) mass is 412 g/mol. The molecule has 0 aliphatic rings. The van der Waals surface area contributed by atoms with E-state index in [9.17, 15) is 4.79 Å². The van der Waals surface area contributed by atoms with E-state index in [1.807, 2.05) is 31.2 Å². The molecule has 150 valence electrons. The Kier molecular flexibility index (Phi) is 6.80. The van der Waals surface area contributed by atoms with E-state index in [0.29, 0.717) is 10.8 Å². The summed E-state index contributed by atoms with van der Waals surface area (Å²) >= 11 is 1.01. The van der Waals surface area contributed by atoms with Gasteiger partial charge in [0, 0.05) is 0 Å². The Morgan fingerprint density at radius 2 is 1.90 bits per heavy atom. The van der Waals surface area contributed by atoms with E-state index in [1.165, 1.54) is 4.68 Å². The van der Waals surface area contributed by atoms with Crippen molar-refractivity contribution in [3.8, 4) is 11.4 Å². The minimum Gasteiger partial charge on any atom is -0.497 e. The molecule has 0 spiro atoms. The first-order chi connectivity index (χ1) is 14.1. The summed E-state index contributed by atoms with van der Waals surface area (Å²) in [6.45, 7) is 3.95. The van der Waals surface area contributed by atoms with Crippen LogP contribution in [0.3, 0.4) is 0 Å². The van der Waals surface area contributed by atoms with Crippen molar-refractivity contribution >= 4 is 28.5 Å². The Morgan fingerprint density at radius 1 is 1.17 bits per heavy atom. The fourth-order valence-electron chi connectivity index (χ4n) is 2.26. The molecule has 0 saturated heterocycles. The number of hydrogen-bond acceptors (Lipinski definition) is 9. The zero-order valence-corrected chi connectivity index (χ0v) is 17.0. The molecule has 1 aromatic heterocycles. The maximum atomic E-state index is 12.4. The lowest BCUT2D eigenvalue weighted by atomic mass is 10.2. The number of carbonyl (C=O) groups excluding carboxylic acids is 1. The van der Waals surface area contributed by atoms with Gasteiger partial charge in [0.1, 0.15) is 5.75 Å². The number of thioether (sulfide) groups is 1. The predicted octanol–water partition coefficient (Wildman–Crippen LogP) is 3.06. The summed E-state index contributed by atoms with van der Waals surface area (Å²) in [5, 5.41) is 16.4. The van der Waals surface area contributed by atoms with Crippen LogP contribution in [0.4, 0.5) is 5.69 Å². The quantitative estimate of drug-likeness (QED) is 0.217. The van der Waals surface area contributed by atoms with E-state index in [2.05, 4.69) is 26.1 Å². The molecule has 0 amide bonds. The molecule has 9 nitrogen and oxygen atoms in total. The SMILES string of the molecule is CCOC(=O)C(=NNc1ccc(OC)cc1)Sc1nnnn1-c1ccc(C)cc1. The van der Waals surface area contributed by atoms with Crippen LogP contribution in [0, 0.1) is 6.92 Å². The van der Waals surface area contributed by atoms with Crippen molar-refractivity contribution in [2.24, 2.45) is 5.10 Å². The molecule has 1 heterocycles. The van der Waals surface area contributed by atoms with Crippen molar-refractivity contribution in [3.05, 3.63) is 54.1 Å². The molecule has 10 heteroatoms. The van der Waals surface area contributed by atoms with Gasteiger partial charge in [-0.1, -0.05) is 17.7 Å². The van der Waals surface area contributed by atoms with Crippen molar-refractivity contribution in [3.63, 3.8) is 0 Å². The van der Waals surface area contributed by atoms with Crippen LogP contribution in [-0.2, 0) is 9.53 Å². The third-order valence-electron chi connectivity index (χ3n) is 3.73. The lowest BCUT2D eigenvalue weighted by Crippen LogP contribution is -2.17. The van der Waals surface area contributed by atoms with Gasteiger partial charge in [-0.3, -0.25) is 5.43 Å². The Hall–Kier alpha value is -3.40. The van der Waals surface area contributed by atoms with Gasteiger partial charge >= 0.3 is 5.97 Å². The average Bonchev–Trinajstić information content (AvgIpc) is 3.20. The largest absolute Gasteiger partial charge is 0.497 e. The molecule has 0 saturated carbocycles. The number of methoxy groups -OCH3 is 1. The molecule has 0 radical (unpaired) electrons. The standard InChI is InChI=1S/C19H20N6O3S/c1-4-28-18(26)17(21-20-14-7-11-16(27-3)12-8-14)29-19-22-23-24-25(19)15-9-5-13(2)6-10-15/h5-12,20H,4H2,1-3H3. The number of aromatic nitrogens is 4. The zero-order chi connectivity index (χ0) is 20.6. The zero-order valence-electron chi connectivity index (χ0n) is 16.2. The molecule has 0 atom stereocenters. The summed E-state index contributed by atoms with van der Waals surface area (Å²) in [4.78, 5) is 12.4. The summed E-state index contributed by atoms with van der Waals surface area (Å²) in [6, 6.07) is 14.8. The Balaban J connectivity index is 1.83. The average molecular weight is 412 g/mol. The molecular weight excluding hydrogens is 392 g/mol. The van der Waals surface area contributed by atoms with E-state index in [4.69, 9.17) is 9.47 Å². The fraction of sp³-hybridized carbons (Fsp3) is 0.211. The lowest BCUT2D eigenvalue weighted by molar-refractivity contribution is -0.134. The van der Waals surface area contributed by atoms with Crippen LogP contribution in [0.5, 0.6) is 5.75 Å². The first-order valence-electron chi connectivity index (χ1n) is 8.79. The van der Waals surface area contributed by atoms with Gasteiger partial charge in [-0.25, -0.2) is 4.79 Å². The third kappa shape index (κ3) is 5.32. The van der Waals surface area contributed by atoms with Crippen molar-refractivity contribution < 1.29 is 14.3 Å². The van der Waals surface area contributed by atoms with Crippen LogP contribution in [0.15, 0.2) is 58.8 Å². The van der Waals surface area contributed by atoms with E-state index < -0.39 is 5.97 Å². The summed E-state index contributed by atoms with van der Waals surface area (Å²) in [7, 11) is 1.59. The smallest absolute Gasteiger partial charge is 0.365 e. The number of nitrogens with zero attached hydrogens (tertiary/aromatic N) is 5. The number of carbonyl (C=O) groups is 1. The molecule has 3 rings (SSSR count). The van der Waals surface area contributed by atoms with Crippen LogP contribution in [0.2, 0.25) is 0 Å². The number of nitrogens with one attached hydrogen (secondary N) is 1.